The maximum absolute atomic E-state index is 5.50. The molecule has 0 amide bonds. The van der Waals surface area contributed by atoms with E-state index in [1.165, 1.54) is 36.9 Å². The lowest BCUT2D eigenvalue weighted by Crippen LogP contribution is -1.93. The summed E-state index contributed by atoms with van der Waals surface area (Å²) in [6.07, 6.45) is 12.2. The van der Waals surface area contributed by atoms with Crippen molar-refractivity contribution in [3.63, 3.8) is 0 Å². The molecule has 2 aromatic rings. The largest absolute Gasteiger partial charge is 0.494 e. The quantitative estimate of drug-likeness (QED) is 0.643. The van der Waals surface area contributed by atoms with Crippen LogP contribution in [0.4, 0.5) is 0 Å². The SMILES string of the molecule is CCCCCCc1cc(C=C2N=C(c3ccc[nH]3)C=C2OC)[nH]c1C. The Balaban J connectivity index is 1.77. The van der Waals surface area contributed by atoms with Crippen LogP contribution >= 0.6 is 0 Å². The number of methoxy groups -OCH3 is 1. The average Bonchev–Trinajstić information content (AvgIpc) is 3.32. The fraction of sp³-hybridized carbons (Fsp3) is 0.381. The molecule has 0 unspecified atom stereocenters. The number of unbranched alkanes of at least 4 members (excludes halogenated alkanes) is 3. The van der Waals surface area contributed by atoms with Gasteiger partial charge in [0.2, 0.25) is 0 Å². The number of nitrogens with one attached hydrogen (secondary N) is 2. The maximum Gasteiger partial charge on any atom is 0.146 e. The van der Waals surface area contributed by atoms with Crippen LogP contribution in [0.15, 0.2) is 46.9 Å². The highest BCUT2D eigenvalue weighted by Gasteiger charge is 2.17. The van der Waals surface area contributed by atoms with Crippen molar-refractivity contribution in [1.29, 1.82) is 0 Å². The van der Waals surface area contributed by atoms with E-state index in [-0.39, 0.29) is 0 Å². The van der Waals surface area contributed by atoms with E-state index in [2.05, 4.69) is 36.0 Å². The van der Waals surface area contributed by atoms with Crippen molar-refractivity contribution in [2.75, 3.05) is 7.11 Å². The number of H-pyrrole nitrogens is 2. The molecular weight excluding hydrogens is 310 g/mol. The third-order valence-corrected chi connectivity index (χ3v) is 4.59. The predicted molar refractivity (Wildman–Crippen MR) is 104 cm³/mol. The molecule has 0 saturated carbocycles. The first kappa shape index (κ1) is 17.3. The summed E-state index contributed by atoms with van der Waals surface area (Å²) in [5.74, 6) is 0.793. The van der Waals surface area contributed by atoms with Crippen LogP contribution in [-0.4, -0.2) is 22.8 Å². The van der Waals surface area contributed by atoms with E-state index in [9.17, 15) is 0 Å². The van der Waals surface area contributed by atoms with E-state index < -0.39 is 0 Å². The summed E-state index contributed by atoms with van der Waals surface area (Å²) >= 11 is 0. The van der Waals surface area contributed by atoms with Gasteiger partial charge in [-0.15, -0.1) is 0 Å². The molecule has 2 N–H and O–H groups in total. The third-order valence-electron chi connectivity index (χ3n) is 4.59. The molecule has 0 saturated heterocycles. The van der Waals surface area contributed by atoms with Crippen LogP contribution < -0.4 is 0 Å². The lowest BCUT2D eigenvalue weighted by molar-refractivity contribution is 0.303. The first-order valence-electron chi connectivity index (χ1n) is 9.10. The Hall–Kier alpha value is -2.49. The minimum absolute atomic E-state index is 0.793. The number of hydrogen-bond donors (Lipinski definition) is 2. The van der Waals surface area contributed by atoms with Crippen molar-refractivity contribution in [2.24, 2.45) is 4.99 Å². The summed E-state index contributed by atoms with van der Waals surface area (Å²) in [6, 6.07) is 6.22. The summed E-state index contributed by atoms with van der Waals surface area (Å²) < 4.78 is 5.50. The van der Waals surface area contributed by atoms with E-state index in [0.717, 1.165) is 35.0 Å². The van der Waals surface area contributed by atoms with Gasteiger partial charge in [-0.05, 0) is 49.6 Å². The Bertz CT molecular complexity index is 791. The molecule has 0 aliphatic carbocycles. The molecule has 4 nitrogen and oxygen atoms in total. The highest BCUT2D eigenvalue weighted by molar-refractivity contribution is 6.11. The molecule has 3 heterocycles. The van der Waals surface area contributed by atoms with Crippen LogP contribution in [-0.2, 0) is 11.2 Å². The number of nitrogens with zero attached hydrogens (tertiary/aromatic N) is 1. The first-order valence-corrected chi connectivity index (χ1v) is 9.10. The van der Waals surface area contributed by atoms with Crippen LogP contribution in [0, 0.1) is 6.92 Å². The molecule has 0 bridgehead atoms. The van der Waals surface area contributed by atoms with Gasteiger partial charge in [-0.25, -0.2) is 4.99 Å². The van der Waals surface area contributed by atoms with Crippen LogP contribution in [0.3, 0.4) is 0 Å². The number of aromatic amines is 2. The first-order chi connectivity index (χ1) is 12.2. The molecular formula is C21H27N3O. The topological polar surface area (TPSA) is 53.2 Å². The van der Waals surface area contributed by atoms with Crippen LogP contribution in [0.2, 0.25) is 0 Å². The van der Waals surface area contributed by atoms with Crippen molar-refractivity contribution in [3.05, 3.63) is 64.6 Å². The Morgan fingerprint density at radius 1 is 1.24 bits per heavy atom. The van der Waals surface area contributed by atoms with Crippen LogP contribution in [0.25, 0.3) is 6.08 Å². The molecule has 3 rings (SSSR count). The normalized spacial score (nSPS) is 15.6. The zero-order valence-corrected chi connectivity index (χ0v) is 15.4. The lowest BCUT2D eigenvalue weighted by atomic mass is 10.1. The van der Waals surface area contributed by atoms with Crippen molar-refractivity contribution in [2.45, 2.75) is 46.0 Å². The van der Waals surface area contributed by atoms with Gasteiger partial charge in [0.15, 0.2) is 0 Å². The van der Waals surface area contributed by atoms with Gasteiger partial charge in [0.1, 0.15) is 11.5 Å². The van der Waals surface area contributed by atoms with Gasteiger partial charge < -0.3 is 14.7 Å². The molecule has 1 aliphatic rings. The molecule has 0 radical (unpaired) electrons. The second-order valence-electron chi connectivity index (χ2n) is 6.51. The van der Waals surface area contributed by atoms with E-state index in [1.54, 1.807) is 7.11 Å². The van der Waals surface area contributed by atoms with Crippen LogP contribution in [0.5, 0.6) is 0 Å². The van der Waals surface area contributed by atoms with Gasteiger partial charge in [-0.2, -0.15) is 0 Å². The Morgan fingerprint density at radius 3 is 2.84 bits per heavy atom. The zero-order chi connectivity index (χ0) is 17.6. The summed E-state index contributed by atoms with van der Waals surface area (Å²) in [5, 5.41) is 0. The van der Waals surface area contributed by atoms with Gasteiger partial charge in [0.25, 0.3) is 0 Å². The number of aryl methyl sites for hydroxylation is 2. The highest BCUT2D eigenvalue weighted by atomic mass is 16.5. The fourth-order valence-electron chi connectivity index (χ4n) is 3.17. The van der Waals surface area contributed by atoms with Gasteiger partial charge >= 0.3 is 0 Å². The summed E-state index contributed by atoms with van der Waals surface area (Å²) in [5.41, 5.74) is 6.48. The minimum Gasteiger partial charge on any atom is -0.494 e. The van der Waals surface area contributed by atoms with Crippen molar-refractivity contribution >= 4 is 11.8 Å². The third kappa shape index (κ3) is 4.13. The second-order valence-corrected chi connectivity index (χ2v) is 6.51. The molecule has 0 aromatic carbocycles. The van der Waals surface area contributed by atoms with Crippen molar-refractivity contribution < 1.29 is 4.74 Å². The number of aliphatic imine (C=N–C) groups is 1. The number of hydrogen-bond acceptors (Lipinski definition) is 2. The molecule has 2 aromatic heterocycles. The molecule has 132 valence electrons. The Morgan fingerprint density at radius 2 is 2.12 bits per heavy atom. The van der Waals surface area contributed by atoms with Gasteiger partial charge in [-0.3, -0.25) is 0 Å². The summed E-state index contributed by atoms with van der Waals surface area (Å²) in [4.78, 5) is 11.4. The number of ether oxygens (including phenoxy) is 1. The Kier molecular flexibility index (Phi) is 5.59. The molecule has 1 aliphatic heterocycles. The molecule has 0 spiro atoms. The zero-order valence-electron chi connectivity index (χ0n) is 15.4. The molecule has 0 atom stereocenters. The van der Waals surface area contributed by atoms with E-state index in [0.29, 0.717) is 0 Å². The molecule has 25 heavy (non-hydrogen) atoms. The summed E-state index contributed by atoms with van der Waals surface area (Å²) in [7, 11) is 1.69. The monoisotopic (exact) mass is 337 g/mol. The van der Waals surface area contributed by atoms with Crippen molar-refractivity contribution in [3.8, 4) is 0 Å². The minimum atomic E-state index is 0.793. The molecule has 0 fully saturated rings. The number of rotatable bonds is 8. The van der Waals surface area contributed by atoms with Crippen LogP contribution in [0.1, 0.15) is 55.3 Å². The van der Waals surface area contributed by atoms with E-state index in [1.807, 2.05) is 24.4 Å². The smallest absolute Gasteiger partial charge is 0.146 e. The highest BCUT2D eigenvalue weighted by Crippen LogP contribution is 2.25. The standard InChI is InChI=1S/C21H27N3O/c1-4-5-6-7-9-16-12-17(23-15(16)2)13-20-21(25-3)14-19(24-20)18-10-8-11-22-18/h8,10-14,22-23H,4-7,9H2,1-3H3. The Labute approximate surface area is 149 Å². The van der Waals surface area contributed by atoms with Crippen molar-refractivity contribution in [1.82, 2.24) is 9.97 Å². The van der Waals surface area contributed by atoms with E-state index >= 15 is 0 Å². The number of aromatic nitrogens is 2. The fourth-order valence-corrected chi connectivity index (χ4v) is 3.17. The van der Waals surface area contributed by atoms with Gasteiger partial charge in [-0.1, -0.05) is 26.2 Å². The number of allylic oxidation sites excluding steroid dienone is 1. The van der Waals surface area contributed by atoms with Gasteiger partial charge in [0.05, 0.1) is 18.5 Å². The average molecular weight is 337 g/mol. The second kappa shape index (κ2) is 8.06. The predicted octanol–water partition coefficient (Wildman–Crippen LogP) is 5.15. The maximum atomic E-state index is 5.50. The summed E-state index contributed by atoms with van der Waals surface area (Å²) in [6.45, 7) is 4.39. The molecule has 4 heteroatoms. The van der Waals surface area contributed by atoms with Gasteiger partial charge in [0, 0.05) is 23.7 Å². The lowest BCUT2D eigenvalue weighted by Gasteiger charge is -2.00. The van der Waals surface area contributed by atoms with E-state index in [4.69, 9.17) is 9.73 Å².